The molecule has 0 fully saturated rings. The fraction of sp³-hybridized carbons (Fsp3) is 0.286. The predicted octanol–water partition coefficient (Wildman–Crippen LogP) is 0.743. The van der Waals surface area contributed by atoms with E-state index in [-0.39, 0.29) is 0 Å². The Morgan fingerprint density at radius 3 is 3.40 bits per heavy atom. The third-order valence-electron chi connectivity index (χ3n) is 1.51. The van der Waals surface area contributed by atoms with Gasteiger partial charge in [-0.25, -0.2) is 0 Å². The van der Waals surface area contributed by atoms with Gasteiger partial charge in [-0.1, -0.05) is 0 Å². The van der Waals surface area contributed by atoms with Crippen LogP contribution >= 0.6 is 0 Å². The Balaban J connectivity index is 2.41. The lowest BCUT2D eigenvalue weighted by Gasteiger charge is -2.15. The maximum absolute atomic E-state index is 4.27. The van der Waals surface area contributed by atoms with Crippen molar-refractivity contribution >= 4 is 11.4 Å². The number of nitrogens with one attached hydrogen (secondary N) is 1. The van der Waals surface area contributed by atoms with E-state index in [0.29, 0.717) is 0 Å². The highest BCUT2D eigenvalue weighted by atomic mass is 15.0. The van der Waals surface area contributed by atoms with E-state index in [1.54, 1.807) is 12.4 Å². The third kappa shape index (κ3) is 0.795. The first-order valence-corrected chi connectivity index (χ1v) is 3.32. The number of hydrogen-bond donors (Lipinski definition) is 1. The van der Waals surface area contributed by atoms with Crippen molar-refractivity contribution in [3.63, 3.8) is 0 Å². The number of nitrogens with zero attached hydrogens (tertiary/aromatic N) is 2. The summed E-state index contributed by atoms with van der Waals surface area (Å²) in [4.78, 5) is 3.96. The minimum Gasteiger partial charge on any atom is -0.381 e. The molecule has 0 aromatic carbocycles. The van der Waals surface area contributed by atoms with Gasteiger partial charge in [0.15, 0.2) is 0 Å². The summed E-state index contributed by atoms with van der Waals surface area (Å²) in [6.07, 6.45) is 3.55. The highest BCUT2D eigenvalue weighted by molar-refractivity contribution is 5.64. The topological polar surface area (TPSA) is 39.0 Å². The van der Waals surface area contributed by atoms with E-state index in [2.05, 4.69) is 15.6 Å². The normalized spacial score (nSPS) is 14.8. The van der Waals surface area contributed by atoms with Gasteiger partial charge in [-0.2, -0.15) is 0 Å². The van der Waals surface area contributed by atoms with E-state index >= 15 is 0 Å². The average molecular weight is 134 g/mol. The average Bonchev–Trinajstić information content (AvgIpc) is 2.05. The molecule has 3 heteroatoms. The van der Waals surface area contributed by atoms with Crippen molar-refractivity contribution in [1.29, 1.82) is 0 Å². The lowest BCUT2D eigenvalue weighted by atomic mass is 10.3. The van der Waals surface area contributed by atoms with Crippen LogP contribution in [0.2, 0.25) is 0 Å². The van der Waals surface area contributed by atoms with E-state index in [0.717, 1.165) is 24.5 Å². The second-order valence-electron chi connectivity index (χ2n) is 2.20. The van der Waals surface area contributed by atoms with E-state index in [4.69, 9.17) is 0 Å². The minimum absolute atomic E-state index is 0.860. The highest BCUT2D eigenvalue weighted by Gasteiger charge is 2.06. The Morgan fingerprint density at radius 2 is 2.50 bits per heavy atom. The summed E-state index contributed by atoms with van der Waals surface area (Å²) >= 11 is 0. The zero-order valence-corrected chi connectivity index (χ0v) is 5.54. The molecule has 3 nitrogen and oxygen atoms in total. The molecule has 0 aliphatic carbocycles. The van der Waals surface area contributed by atoms with Crippen LogP contribution in [0.3, 0.4) is 0 Å². The smallest absolute Gasteiger partial charge is 0.0989 e. The molecule has 1 radical (unpaired) electrons. The number of anilines is 1. The van der Waals surface area contributed by atoms with Crippen LogP contribution in [-0.2, 0) is 0 Å². The van der Waals surface area contributed by atoms with Crippen molar-refractivity contribution in [2.45, 2.75) is 0 Å². The fourth-order valence-corrected chi connectivity index (χ4v) is 1.03. The fourth-order valence-electron chi connectivity index (χ4n) is 1.03. The molecule has 2 heterocycles. The lowest BCUT2D eigenvalue weighted by molar-refractivity contribution is 0.831. The summed E-state index contributed by atoms with van der Waals surface area (Å²) in [5.74, 6) is 0. The van der Waals surface area contributed by atoms with Crippen LogP contribution < -0.4 is 10.6 Å². The third-order valence-corrected chi connectivity index (χ3v) is 1.51. The Kier molecular flexibility index (Phi) is 1.20. The number of fused-ring (bicyclic) bond motifs is 1. The first-order valence-electron chi connectivity index (χ1n) is 3.32. The van der Waals surface area contributed by atoms with Crippen LogP contribution in [0.4, 0.5) is 11.4 Å². The molecule has 0 amide bonds. The van der Waals surface area contributed by atoms with Gasteiger partial charge in [0.1, 0.15) is 0 Å². The molecule has 1 aromatic rings. The molecule has 0 unspecified atom stereocenters. The summed E-state index contributed by atoms with van der Waals surface area (Å²) in [6.45, 7) is 1.80. The van der Waals surface area contributed by atoms with Crippen LogP contribution in [0, 0.1) is 0 Å². The van der Waals surface area contributed by atoms with Crippen molar-refractivity contribution in [3.8, 4) is 0 Å². The Hall–Kier alpha value is -1.25. The largest absolute Gasteiger partial charge is 0.381 e. The molecule has 10 heavy (non-hydrogen) atoms. The number of rotatable bonds is 0. The number of hydrogen-bond acceptors (Lipinski definition) is 2. The highest BCUT2D eigenvalue weighted by Crippen LogP contribution is 2.21. The van der Waals surface area contributed by atoms with Crippen LogP contribution in [0.15, 0.2) is 18.5 Å². The van der Waals surface area contributed by atoms with Gasteiger partial charge < -0.3 is 5.32 Å². The molecule has 0 spiro atoms. The Bertz CT molecular complexity index is 209. The van der Waals surface area contributed by atoms with Crippen LogP contribution in [0.5, 0.6) is 0 Å². The number of pyridine rings is 1. The van der Waals surface area contributed by atoms with E-state index in [1.165, 1.54) is 0 Å². The molecule has 0 saturated carbocycles. The van der Waals surface area contributed by atoms with E-state index in [1.807, 2.05) is 6.07 Å². The van der Waals surface area contributed by atoms with Gasteiger partial charge in [-0.05, 0) is 6.07 Å². The summed E-state index contributed by atoms with van der Waals surface area (Å²) in [5, 5.41) is 7.50. The first-order chi connectivity index (χ1) is 4.97. The van der Waals surface area contributed by atoms with Crippen molar-refractivity contribution < 1.29 is 0 Å². The molecule has 0 saturated heterocycles. The van der Waals surface area contributed by atoms with Crippen LogP contribution in [0.25, 0.3) is 0 Å². The second-order valence-corrected chi connectivity index (χ2v) is 2.20. The van der Waals surface area contributed by atoms with Gasteiger partial charge in [0.2, 0.25) is 0 Å². The van der Waals surface area contributed by atoms with Gasteiger partial charge in [-0.3, -0.25) is 10.3 Å². The molecule has 2 rings (SSSR count). The van der Waals surface area contributed by atoms with Gasteiger partial charge in [0, 0.05) is 12.7 Å². The van der Waals surface area contributed by atoms with Crippen molar-refractivity contribution in [2.75, 3.05) is 18.4 Å². The standard InChI is InChI=1S/C7H8N3/c1-2-8-5-7-6(1)9-3-4-10-7/h1-2,5,9H,3-4H2. The zero-order chi connectivity index (χ0) is 6.81. The predicted molar refractivity (Wildman–Crippen MR) is 39.4 cm³/mol. The summed E-state index contributed by atoms with van der Waals surface area (Å²) in [5.41, 5.74) is 2.08. The number of aromatic nitrogens is 1. The summed E-state index contributed by atoms with van der Waals surface area (Å²) < 4.78 is 0. The maximum atomic E-state index is 4.27. The Labute approximate surface area is 59.5 Å². The molecule has 1 aromatic heterocycles. The zero-order valence-electron chi connectivity index (χ0n) is 5.54. The van der Waals surface area contributed by atoms with E-state index in [9.17, 15) is 0 Å². The molecule has 1 N–H and O–H groups in total. The van der Waals surface area contributed by atoms with E-state index < -0.39 is 0 Å². The summed E-state index contributed by atoms with van der Waals surface area (Å²) in [6, 6.07) is 1.94. The molecule has 1 aliphatic heterocycles. The molecular weight excluding hydrogens is 126 g/mol. The Morgan fingerprint density at radius 1 is 1.50 bits per heavy atom. The van der Waals surface area contributed by atoms with Crippen molar-refractivity contribution in [3.05, 3.63) is 18.5 Å². The molecular formula is C7H8N3. The van der Waals surface area contributed by atoms with Crippen molar-refractivity contribution in [1.82, 2.24) is 10.3 Å². The van der Waals surface area contributed by atoms with Gasteiger partial charge in [0.25, 0.3) is 0 Å². The van der Waals surface area contributed by atoms with Gasteiger partial charge in [-0.15, -0.1) is 0 Å². The quantitative estimate of drug-likeness (QED) is 0.568. The SMILES string of the molecule is c1cc2c(cn1)[N]CCN2. The maximum Gasteiger partial charge on any atom is 0.0989 e. The first kappa shape index (κ1) is 5.53. The molecule has 1 aliphatic rings. The molecule has 0 atom stereocenters. The van der Waals surface area contributed by atoms with Crippen LogP contribution in [-0.4, -0.2) is 18.1 Å². The van der Waals surface area contributed by atoms with Crippen LogP contribution in [0.1, 0.15) is 0 Å². The van der Waals surface area contributed by atoms with Gasteiger partial charge >= 0.3 is 0 Å². The molecule has 51 valence electrons. The molecule has 0 bridgehead atoms. The summed E-state index contributed by atoms with van der Waals surface area (Å²) in [7, 11) is 0. The lowest BCUT2D eigenvalue weighted by Crippen LogP contribution is -2.19. The van der Waals surface area contributed by atoms with Gasteiger partial charge in [0.05, 0.1) is 24.1 Å². The van der Waals surface area contributed by atoms with Crippen molar-refractivity contribution in [2.24, 2.45) is 0 Å². The second kappa shape index (κ2) is 2.17. The minimum atomic E-state index is 0.860. The monoisotopic (exact) mass is 134 g/mol.